The topological polar surface area (TPSA) is 97.7 Å². The first-order valence-electron chi connectivity index (χ1n) is 8.57. The van der Waals surface area contributed by atoms with Gasteiger partial charge in [0.25, 0.3) is 5.56 Å². The van der Waals surface area contributed by atoms with Crippen LogP contribution in [0.15, 0.2) is 26.8 Å². The molecule has 0 saturated heterocycles. The molecule has 1 N–H and O–H groups in total. The first-order chi connectivity index (χ1) is 12.3. The van der Waals surface area contributed by atoms with Gasteiger partial charge in [0.15, 0.2) is 11.2 Å². The number of aromatic nitrogens is 4. The number of hydrogen-bond acceptors (Lipinski definition) is 6. The van der Waals surface area contributed by atoms with Crippen molar-refractivity contribution in [3.05, 3.63) is 33.0 Å². The summed E-state index contributed by atoms with van der Waals surface area (Å²) < 4.78 is 4.40. The lowest BCUT2D eigenvalue weighted by molar-refractivity contribution is 0.289. The van der Waals surface area contributed by atoms with Crippen LogP contribution in [0.2, 0.25) is 0 Å². The standard InChI is InChI=1S/C17H24N6O3/c1-10(2)9-21-15(25)13-14(20(5)17(21)26)18-16-22(7-6-8-24)19-11(3)12(4)23(13)16/h12,24H,1,6-9H2,2-5H3/t12-/m0/s1. The molecule has 140 valence electrons. The van der Waals surface area contributed by atoms with Crippen molar-refractivity contribution in [2.45, 2.75) is 39.8 Å². The molecule has 3 heterocycles. The molecule has 1 aliphatic rings. The van der Waals surface area contributed by atoms with E-state index in [2.05, 4.69) is 16.7 Å². The summed E-state index contributed by atoms with van der Waals surface area (Å²) in [6.45, 7) is 10.1. The van der Waals surface area contributed by atoms with Crippen LogP contribution >= 0.6 is 0 Å². The number of aliphatic hydroxyl groups is 1. The molecule has 0 saturated carbocycles. The van der Waals surface area contributed by atoms with E-state index in [1.165, 1.54) is 9.13 Å². The van der Waals surface area contributed by atoms with Gasteiger partial charge in [-0.1, -0.05) is 12.2 Å². The van der Waals surface area contributed by atoms with Crippen LogP contribution in [0.5, 0.6) is 0 Å². The van der Waals surface area contributed by atoms with E-state index in [1.54, 1.807) is 19.0 Å². The molecule has 2 aromatic rings. The monoisotopic (exact) mass is 360 g/mol. The van der Waals surface area contributed by atoms with Crippen molar-refractivity contribution < 1.29 is 5.11 Å². The molecule has 0 unspecified atom stereocenters. The second kappa shape index (κ2) is 6.56. The van der Waals surface area contributed by atoms with Crippen LogP contribution in [0.3, 0.4) is 0 Å². The Balaban J connectivity index is 2.34. The summed E-state index contributed by atoms with van der Waals surface area (Å²) >= 11 is 0. The molecule has 0 bridgehead atoms. The van der Waals surface area contributed by atoms with Gasteiger partial charge in [0.1, 0.15) is 0 Å². The van der Waals surface area contributed by atoms with E-state index in [0.717, 1.165) is 11.3 Å². The van der Waals surface area contributed by atoms with Crippen molar-refractivity contribution in [2.75, 3.05) is 18.2 Å². The average molecular weight is 360 g/mol. The minimum atomic E-state index is -0.423. The van der Waals surface area contributed by atoms with Crippen LogP contribution in [0.25, 0.3) is 11.2 Å². The van der Waals surface area contributed by atoms with E-state index in [0.29, 0.717) is 30.1 Å². The van der Waals surface area contributed by atoms with Gasteiger partial charge in [0.2, 0.25) is 5.95 Å². The van der Waals surface area contributed by atoms with Crippen molar-refractivity contribution >= 4 is 22.8 Å². The Morgan fingerprint density at radius 1 is 1.35 bits per heavy atom. The maximum absolute atomic E-state index is 13.1. The summed E-state index contributed by atoms with van der Waals surface area (Å²) in [4.78, 5) is 30.2. The molecule has 1 atom stereocenters. The molecule has 9 nitrogen and oxygen atoms in total. The number of aliphatic hydroxyl groups excluding tert-OH is 1. The molecule has 0 radical (unpaired) electrons. The average Bonchev–Trinajstić information content (AvgIpc) is 2.99. The van der Waals surface area contributed by atoms with Gasteiger partial charge in [-0.3, -0.25) is 18.5 Å². The highest BCUT2D eigenvalue weighted by Gasteiger charge is 2.30. The van der Waals surface area contributed by atoms with Gasteiger partial charge in [-0.25, -0.2) is 9.80 Å². The minimum absolute atomic E-state index is 0.0325. The van der Waals surface area contributed by atoms with E-state index < -0.39 is 5.69 Å². The molecule has 0 aromatic carbocycles. The van der Waals surface area contributed by atoms with Crippen LogP contribution in [0.1, 0.15) is 33.2 Å². The summed E-state index contributed by atoms with van der Waals surface area (Å²) in [6, 6.07) is -0.163. The Morgan fingerprint density at radius 2 is 2.04 bits per heavy atom. The zero-order valence-corrected chi connectivity index (χ0v) is 15.6. The van der Waals surface area contributed by atoms with E-state index >= 15 is 0 Å². The van der Waals surface area contributed by atoms with Crippen molar-refractivity contribution in [1.29, 1.82) is 0 Å². The Bertz CT molecular complexity index is 1030. The zero-order chi connectivity index (χ0) is 19.2. The third-order valence-electron chi connectivity index (χ3n) is 4.61. The highest BCUT2D eigenvalue weighted by Crippen LogP contribution is 2.29. The first kappa shape index (κ1) is 18.1. The molecular weight excluding hydrogens is 336 g/mol. The largest absolute Gasteiger partial charge is 0.396 e. The maximum Gasteiger partial charge on any atom is 0.332 e. The predicted molar refractivity (Wildman–Crippen MR) is 101 cm³/mol. The SMILES string of the molecule is C=C(C)Cn1c(=O)c2c(nc3n2[C@@H](C)C(C)=NN3CCCO)n(C)c1=O. The fraction of sp³-hybridized carbons (Fsp3) is 0.529. The van der Waals surface area contributed by atoms with Crippen LogP contribution in [-0.4, -0.2) is 42.7 Å². The van der Waals surface area contributed by atoms with Crippen LogP contribution in [-0.2, 0) is 13.6 Å². The molecule has 2 aromatic heterocycles. The number of fused-ring (bicyclic) bond motifs is 3. The lowest BCUT2D eigenvalue weighted by Crippen LogP contribution is -2.40. The molecule has 0 fully saturated rings. The number of aryl methyl sites for hydroxylation is 1. The molecular formula is C17H24N6O3. The van der Waals surface area contributed by atoms with Crippen molar-refractivity contribution in [1.82, 2.24) is 18.7 Å². The summed E-state index contributed by atoms with van der Waals surface area (Å²) in [5, 5.41) is 15.4. The van der Waals surface area contributed by atoms with E-state index in [9.17, 15) is 9.59 Å². The van der Waals surface area contributed by atoms with Crippen molar-refractivity contribution in [3.8, 4) is 0 Å². The number of anilines is 1. The lowest BCUT2D eigenvalue weighted by Gasteiger charge is -2.29. The summed E-state index contributed by atoms with van der Waals surface area (Å²) in [5.74, 6) is 0.506. The molecule has 26 heavy (non-hydrogen) atoms. The van der Waals surface area contributed by atoms with E-state index in [4.69, 9.17) is 5.11 Å². The van der Waals surface area contributed by atoms with Gasteiger partial charge in [0.05, 0.1) is 18.3 Å². The number of rotatable bonds is 5. The van der Waals surface area contributed by atoms with Gasteiger partial charge < -0.3 is 5.11 Å². The number of allylic oxidation sites excluding steroid dienone is 1. The Morgan fingerprint density at radius 3 is 2.65 bits per heavy atom. The Labute approximate surface area is 150 Å². The number of nitrogens with zero attached hydrogens (tertiary/aromatic N) is 6. The number of hydrogen-bond donors (Lipinski definition) is 1. The normalized spacial score (nSPS) is 16.7. The lowest BCUT2D eigenvalue weighted by atomic mass is 10.2. The maximum atomic E-state index is 13.1. The summed E-state index contributed by atoms with van der Waals surface area (Å²) in [7, 11) is 1.61. The van der Waals surface area contributed by atoms with Gasteiger partial charge in [-0.05, 0) is 27.2 Å². The van der Waals surface area contributed by atoms with Gasteiger partial charge in [-0.2, -0.15) is 10.1 Å². The van der Waals surface area contributed by atoms with Crippen molar-refractivity contribution in [3.63, 3.8) is 0 Å². The molecule has 0 spiro atoms. The third kappa shape index (κ3) is 2.68. The zero-order valence-electron chi connectivity index (χ0n) is 15.6. The molecule has 0 amide bonds. The highest BCUT2D eigenvalue weighted by atomic mass is 16.3. The molecule has 9 heteroatoms. The van der Waals surface area contributed by atoms with Crippen LogP contribution < -0.4 is 16.3 Å². The van der Waals surface area contributed by atoms with Crippen molar-refractivity contribution in [2.24, 2.45) is 12.1 Å². The van der Waals surface area contributed by atoms with Gasteiger partial charge in [0, 0.05) is 20.2 Å². The van der Waals surface area contributed by atoms with E-state index in [1.807, 2.05) is 18.4 Å². The van der Waals surface area contributed by atoms with Gasteiger partial charge in [-0.15, -0.1) is 0 Å². The number of imidazole rings is 1. The molecule has 0 aliphatic carbocycles. The van der Waals surface area contributed by atoms with E-state index in [-0.39, 0.29) is 24.8 Å². The molecule has 1 aliphatic heterocycles. The van der Waals surface area contributed by atoms with Crippen LogP contribution in [0, 0.1) is 0 Å². The fourth-order valence-corrected chi connectivity index (χ4v) is 3.16. The van der Waals surface area contributed by atoms with Crippen LogP contribution in [0.4, 0.5) is 5.95 Å². The second-order valence-corrected chi connectivity index (χ2v) is 6.76. The quantitative estimate of drug-likeness (QED) is 0.788. The first-order valence-corrected chi connectivity index (χ1v) is 8.57. The Kier molecular flexibility index (Phi) is 4.57. The summed E-state index contributed by atoms with van der Waals surface area (Å²) in [6.07, 6.45) is 0.521. The Hall–Kier alpha value is -2.68. The number of hydrazone groups is 1. The smallest absolute Gasteiger partial charge is 0.332 e. The molecule has 3 rings (SSSR count). The third-order valence-corrected chi connectivity index (χ3v) is 4.61. The van der Waals surface area contributed by atoms with Gasteiger partial charge >= 0.3 is 5.69 Å². The predicted octanol–water partition coefficient (Wildman–Crippen LogP) is 0.612. The fourth-order valence-electron chi connectivity index (χ4n) is 3.16. The summed E-state index contributed by atoms with van der Waals surface area (Å²) in [5.41, 5.74) is 1.45. The minimum Gasteiger partial charge on any atom is -0.396 e. The highest BCUT2D eigenvalue weighted by molar-refractivity contribution is 5.91. The second-order valence-electron chi connectivity index (χ2n) is 6.76.